The number of methoxy groups -OCH3 is 3. The van der Waals surface area contributed by atoms with Crippen LogP contribution in [0.15, 0.2) is 23.9 Å². The summed E-state index contributed by atoms with van der Waals surface area (Å²) < 4.78 is 16.5. The monoisotopic (exact) mass is 428 g/mol. The molecule has 2 aromatic rings. The van der Waals surface area contributed by atoms with Gasteiger partial charge in [0.2, 0.25) is 5.75 Å². The molecule has 158 valence electrons. The van der Waals surface area contributed by atoms with E-state index in [4.69, 9.17) is 19.9 Å². The Morgan fingerprint density at radius 2 is 1.80 bits per heavy atom. The zero-order valence-electron chi connectivity index (χ0n) is 17.3. The molecule has 0 amide bonds. The topological polar surface area (TPSA) is 99.9 Å². The molecule has 1 aliphatic heterocycles. The summed E-state index contributed by atoms with van der Waals surface area (Å²) in [4.78, 5) is 25.7. The van der Waals surface area contributed by atoms with E-state index in [1.807, 2.05) is 12.1 Å². The van der Waals surface area contributed by atoms with Crippen molar-refractivity contribution < 1.29 is 23.8 Å². The molecule has 8 heteroatoms. The molecule has 2 atom stereocenters. The van der Waals surface area contributed by atoms with Crippen LogP contribution in [0.3, 0.4) is 0 Å². The van der Waals surface area contributed by atoms with Crippen molar-refractivity contribution >= 4 is 33.6 Å². The Labute approximate surface area is 178 Å². The summed E-state index contributed by atoms with van der Waals surface area (Å²) in [6.45, 7) is 1.50. The third-order valence-electron chi connectivity index (χ3n) is 5.69. The molecule has 0 fully saturated rings. The van der Waals surface area contributed by atoms with Crippen LogP contribution < -0.4 is 25.3 Å². The number of nitrogen functional groups attached to an aromatic ring is 1. The van der Waals surface area contributed by atoms with Gasteiger partial charge in [-0.05, 0) is 24.1 Å². The second kappa shape index (κ2) is 7.68. The molecule has 4 rings (SSSR count). The number of allylic oxidation sites excluding steroid dienone is 2. The van der Waals surface area contributed by atoms with E-state index in [9.17, 15) is 9.59 Å². The van der Waals surface area contributed by atoms with Crippen LogP contribution >= 0.6 is 11.3 Å². The lowest BCUT2D eigenvalue weighted by Crippen LogP contribution is -2.34. The number of fused-ring (bicyclic) bond motifs is 2. The van der Waals surface area contributed by atoms with Crippen LogP contribution in [-0.2, 0) is 4.79 Å². The third kappa shape index (κ3) is 3.02. The minimum atomic E-state index is -0.411. The highest BCUT2D eigenvalue weighted by Crippen LogP contribution is 2.54. The quantitative estimate of drug-likeness (QED) is 0.695. The minimum absolute atomic E-state index is 0.0966. The van der Waals surface area contributed by atoms with Crippen molar-refractivity contribution in [3.8, 4) is 17.2 Å². The van der Waals surface area contributed by atoms with E-state index < -0.39 is 5.92 Å². The number of carbonyl (C=O) groups is 2. The fourth-order valence-electron chi connectivity index (χ4n) is 4.38. The number of anilines is 2. The van der Waals surface area contributed by atoms with Gasteiger partial charge in [-0.15, -0.1) is 11.3 Å². The minimum Gasteiger partial charge on any atom is -0.493 e. The van der Waals surface area contributed by atoms with E-state index in [-0.39, 0.29) is 17.5 Å². The van der Waals surface area contributed by atoms with E-state index in [0.29, 0.717) is 40.7 Å². The molecule has 1 aromatic heterocycles. The van der Waals surface area contributed by atoms with Gasteiger partial charge < -0.3 is 25.3 Å². The number of Topliss-reactive ketones (excluding diaryl/α,β-unsaturated/α-hetero) is 2. The van der Waals surface area contributed by atoms with Crippen molar-refractivity contribution in [2.75, 3.05) is 32.4 Å². The van der Waals surface area contributed by atoms with Gasteiger partial charge in [0.25, 0.3) is 0 Å². The molecule has 0 saturated carbocycles. The number of ketones is 2. The molecule has 0 saturated heterocycles. The van der Waals surface area contributed by atoms with Crippen LogP contribution in [-0.4, -0.2) is 32.9 Å². The van der Waals surface area contributed by atoms with Gasteiger partial charge in [0, 0.05) is 30.5 Å². The van der Waals surface area contributed by atoms with E-state index in [2.05, 4.69) is 11.4 Å². The van der Waals surface area contributed by atoms with E-state index in [1.54, 1.807) is 21.3 Å². The van der Waals surface area contributed by atoms with Crippen LogP contribution in [0.5, 0.6) is 17.2 Å². The Kier molecular flexibility index (Phi) is 5.19. The van der Waals surface area contributed by atoms with Gasteiger partial charge in [0.15, 0.2) is 17.3 Å². The Bertz CT molecular complexity index is 1050. The molecule has 3 N–H and O–H groups in total. The van der Waals surface area contributed by atoms with Crippen LogP contribution in [0.4, 0.5) is 10.7 Å². The van der Waals surface area contributed by atoms with Crippen LogP contribution in [0.25, 0.3) is 0 Å². The lowest BCUT2D eigenvalue weighted by Gasteiger charge is -2.37. The fourth-order valence-corrected chi connectivity index (χ4v) is 5.46. The van der Waals surface area contributed by atoms with Crippen molar-refractivity contribution in [3.05, 3.63) is 39.9 Å². The van der Waals surface area contributed by atoms with Crippen LogP contribution in [0.1, 0.15) is 46.5 Å². The highest BCUT2D eigenvalue weighted by molar-refractivity contribution is 7.19. The smallest absolute Gasteiger partial charge is 0.203 e. The fraction of sp³-hybridized carbons (Fsp3) is 0.364. The lowest BCUT2D eigenvalue weighted by molar-refractivity contribution is -0.122. The molecular formula is C22H24N2O5S. The highest BCUT2D eigenvalue weighted by atomic mass is 32.1. The predicted octanol–water partition coefficient (Wildman–Crippen LogP) is 3.98. The van der Waals surface area contributed by atoms with Crippen molar-refractivity contribution in [2.24, 2.45) is 5.92 Å². The number of hydrogen-bond donors (Lipinski definition) is 2. The summed E-state index contributed by atoms with van der Waals surface area (Å²) in [5, 5.41) is 4.16. The maximum Gasteiger partial charge on any atom is 0.203 e. The molecule has 0 bridgehead atoms. The zero-order valence-corrected chi connectivity index (χ0v) is 18.1. The second-order valence-corrected chi connectivity index (χ2v) is 8.37. The number of hydrogen-bond acceptors (Lipinski definition) is 8. The standard InChI is InChI=1S/C22H24N2O5S/c1-10(25)21-19(23)18-16(11-8-14(27-2)20(29-4)15(9-11)28-3)17-12(24-22(18)30-21)6-5-7-13(17)26/h6,8-9,16-17,24H,5,7,23H2,1-4H3/t16-,17-/m1/s1. The first-order chi connectivity index (χ1) is 14.4. The summed E-state index contributed by atoms with van der Waals surface area (Å²) >= 11 is 1.33. The van der Waals surface area contributed by atoms with Crippen molar-refractivity contribution in [3.63, 3.8) is 0 Å². The summed E-state index contributed by atoms with van der Waals surface area (Å²) in [5.41, 5.74) is 9.32. The van der Waals surface area contributed by atoms with Crippen LogP contribution in [0.2, 0.25) is 0 Å². The SMILES string of the molecule is COc1cc([C@H]2c3c(sc(C(C)=O)c3N)NC3=CCCC(=O)[C@@H]32)cc(OC)c1OC. The first-order valence-corrected chi connectivity index (χ1v) is 10.5. The number of ether oxygens (including phenoxy) is 3. The number of carbonyl (C=O) groups excluding carboxylic acids is 2. The van der Waals surface area contributed by atoms with Crippen molar-refractivity contribution in [2.45, 2.75) is 25.7 Å². The van der Waals surface area contributed by atoms with E-state index in [0.717, 1.165) is 21.8 Å². The summed E-state index contributed by atoms with van der Waals surface area (Å²) in [7, 11) is 4.65. The Morgan fingerprint density at radius 3 is 2.37 bits per heavy atom. The normalized spacial score (nSPS) is 19.9. The number of benzene rings is 1. The first-order valence-electron chi connectivity index (χ1n) is 9.64. The highest BCUT2D eigenvalue weighted by Gasteiger charge is 2.43. The van der Waals surface area contributed by atoms with Crippen LogP contribution in [0, 0.1) is 5.92 Å². The molecule has 0 spiro atoms. The molecule has 0 unspecified atom stereocenters. The van der Waals surface area contributed by atoms with Crippen molar-refractivity contribution in [1.29, 1.82) is 0 Å². The van der Waals surface area contributed by atoms with Gasteiger partial charge >= 0.3 is 0 Å². The number of nitrogens with one attached hydrogen (secondary N) is 1. The summed E-state index contributed by atoms with van der Waals surface area (Å²) in [5.74, 6) is 0.748. The van der Waals surface area contributed by atoms with E-state index >= 15 is 0 Å². The number of thiophene rings is 1. The molecule has 2 aliphatic rings. The maximum absolute atomic E-state index is 13.0. The maximum atomic E-state index is 13.0. The number of rotatable bonds is 5. The average molecular weight is 429 g/mol. The van der Waals surface area contributed by atoms with Gasteiger partial charge in [-0.1, -0.05) is 6.08 Å². The lowest BCUT2D eigenvalue weighted by atomic mass is 9.72. The van der Waals surface area contributed by atoms with Crippen molar-refractivity contribution in [1.82, 2.24) is 0 Å². The van der Waals surface area contributed by atoms with E-state index in [1.165, 1.54) is 18.3 Å². The molecule has 30 heavy (non-hydrogen) atoms. The van der Waals surface area contributed by atoms with Gasteiger partial charge in [0.05, 0.1) is 42.8 Å². The molecule has 0 radical (unpaired) electrons. The number of nitrogens with two attached hydrogens (primary N) is 1. The molecule has 7 nitrogen and oxygen atoms in total. The largest absolute Gasteiger partial charge is 0.493 e. The van der Waals surface area contributed by atoms with Gasteiger partial charge in [-0.25, -0.2) is 0 Å². The second-order valence-electron chi connectivity index (χ2n) is 7.35. The Morgan fingerprint density at radius 1 is 1.13 bits per heavy atom. The predicted molar refractivity (Wildman–Crippen MR) is 116 cm³/mol. The van der Waals surface area contributed by atoms with Gasteiger partial charge in [-0.2, -0.15) is 0 Å². The third-order valence-corrected chi connectivity index (χ3v) is 6.93. The average Bonchev–Trinajstić information content (AvgIpc) is 3.07. The zero-order chi connectivity index (χ0) is 21.6. The molecular weight excluding hydrogens is 404 g/mol. The van der Waals surface area contributed by atoms with Gasteiger partial charge in [-0.3, -0.25) is 9.59 Å². The van der Waals surface area contributed by atoms with Gasteiger partial charge in [0.1, 0.15) is 5.78 Å². The molecule has 2 heterocycles. The summed E-state index contributed by atoms with van der Waals surface area (Å²) in [6, 6.07) is 3.70. The Balaban J connectivity index is 2.00. The Hall–Kier alpha value is -3.00. The molecule has 1 aliphatic carbocycles. The molecule has 1 aromatic carbocycles. The summed E-state index contributed by atoms with van der Waals surface area (Å²) in [6.07, 6.45) is 3.22. The first kappa shape index (κ1) is 20.3.